The fourth-order valence-corrected chi connectivity index (χ4v) is 9.83. The lowest BCUT2D eigenvalue weighted by Crippen LogP contribution is -2.19. The van der Waals surface area contributed by atoms with Gasteiger partial charge in [0.25, 0.3) is 0 Å². The predicted molar refractivity (Wildman–Crippen MR) is 301 cm³/mol. The summed E-state index contributed by atoms with van der Waals surface area (Å²) in [7, 11) is 0. The van der Waals surface area contributed by atoms with E-state index in [0.29, 0.717) is 0 Å². The van der Waals surface area contributed by atoms with E-state index in [4.69, 9.17) is 0 Å². The topological polar surface area (TPSA) is 0 Å². The Morgan fingerprint density at radius 1 is 0.235 bits per heavy atom. The van der Waals surface area contributed by atoms with Crippen molar-refractivity contribution in [3.8, 4) is 55.6 Å². The van der Waals surface area contributed by atoms with Crippen LogP contribution in [0.1, 0.15) is 211 Å². The molecule has 6 aromatic rings. The molecule has 68 heavy (non-hydrogen) atoms. The Morgan fingerprint density at radius 2 is 0.456 bits per heavy atom. The summed E-state index contributed by atoms with van der Waals surface area (Å²) in [6.07, 6.45) is 0. The van der Waals surface area contributed by atoms with Gasteiger partial charge in [-0.05, 0) is 156 Å². The first-order chi connectivity index (χ1) is 30.8. The molecule has 0 fully saturated rings. The molecule has 2 radical (unpaired) electrons. The van der Waals surface area contributed by atoms with Crippen molar-refractivity contribution in [2.24, 2.45) is 0 Å². The van der Waals surface area contributed by atoms with Crippen LogP contribution in [0.5, 0.6) is 0 Å². The standard InChI is InChI=1S/C68H88/c1-61(2,3)43-31-35-47(55(39-43)65(13,14)15)49-27-25-29-51(59(49)53-37-33-45(63(7,8)9)41-57(53)67(19,20)21)52-30-26-28-50(48-36-32-44(62(4,5)6)40-56(48)66(16,17)18)60(52)54-38-34-46(64(10,11)12)42-58(54)68(22,23)24/h25-26,29-42H,1-24H3. The molecule has 0 aliphatic heterocycles. The van der Waals surface area contributed by atoms with E-state index in [1.165, 1.54) is 89.0 Å². The Labute approximate surface area is 416 Å². The highest BCUT2D eigenvalue weighted by molar-refractivity contribution is 6.03. The molecule has 0 heterocycles. The fourth-order valence-electron chi connectivity index (χ4n) is 9.83. The van der Waals surface area contributed by atoms with Crippen LogP contribution in [-0.2, 0) is 43.3 Å². The van der Waals surface area contributed by atoms with Crippen molar-refractivity contribution < 1.29 is 0 Å². The minimum absolute atomic E-state index is 0.00521. The van der Waals surface area contributed by atoms with Crippen LogP contribution >= 0.6 is 0 Å². The maximum Gasteiger partial charge on any atom is -0.00173 e. The molecule has 0 saturated carbocycles. The Kier molecular flexibility index (Phi) is 13.7. The van der Waals surface area contributed by atoms with Gasteiger partial charge >= 0.3 is 0 Å². The zero-order valence-electron chi connectivity index (χ0n) is 47.2. The second-order valence-corrected chi connectivity index (χ2v) is 28.3. The second-order valence-electron chi connectivity index (χ2n) is 28.3. The van der Waals surface area contributed by atoms with Gasteiger partial charge in [0.1, 0.15) is 0 Å². The van der Waals surface area contributed by atoms with Crippen LogP contribution < -0.4 is 0 Å². The van der Waals surface area contributed by atoms with E-state index in [1.54, 1.807) is 0 Å². The number of rotatable bonds is 5. The highest BCUT2D eigenvalue weighted by Crippen LogP contribution is 2.52. The van der Waals surface area contributed by atoms with Gasteiger partial charge in [0.05, 0.1) is 0 Å². The third-order valence-electron chi connectivity index (χ3n) is 14.1. The van der Waals surface area contributed by atoms with Crippen molar-refractivity contribution in [3.63, 3.8) is 0 Å². The zero-order valence-corrected chi connectivity index (χ0v) is 47.2. The number of benzene rings is 6. The van der Waals surface area contributed by atoms with Crippen molar-refractivity contribution in [3.05, 3.63) is 154 Å². The van der Waals surface area contributed by atoms with Crippen molar-refractivity contribution in [1.29, 1.82) is 0 Å². The van der Waals surface area contributed by atoms with E-state index >= 15 is 0 Å². The summed E-state index contributed by atoms with van der Waals surface area (Å²) in [6, 6.07) is 46.2. The van der Waals surface area contributed by atoms with Crippen molar-refractivity contribution >= 4 is 0 Å². The fraction of sp³-hybridized carbons (Fsp3) is 0.471. The molecule has 0 unspecified atom stereocenters. The third-order valence-corrected chi connectivity index (χ3v) is 14.1. The summed E-state index contributed by atoms with van der Waals surface area (Å²) in [5.74, 6) is 0. The largest absolute Gasteiger partial charge is 0.0579 e. The molecule has 0 aliphatic rings. The molecule has 0 N–H and O–H groups in total. The summed E-state index contributed by atoms with van der Waals surface area (Å²) in [6.45, 7) is 56.4. The van der Waals surface area contributed by atoms with Gasteiger partial charge in [0, 0.05) is 0 Å². The highest BCUT2D eigenvalue weighted by Gasteiger charge is 2.33. The monoisotopic (exact) mass is 905 g/mol. The smallest absolute Gasteiger partial charge is 0.00173 e. The molecular weight excluding hydrogens is 817 g/mol. The average Bonchev–Trinajstić information content (AvgIpc) is 3.19. The molecule has 0 heteroatoms. The summed E-state index contributed by atoms with van der Waals surface area (Å²) in [5, 5.41) is 0. The Morgan fingerprint density at radius 3 is 0.676 bits per heavy atom. The highest BCUT2D eigenvalue weighted by atomic mass is 14.4. The van der Waals surface area contributed by atoms with Crippen molar-refractivity contribution in [1.82, 2.24) is 0 Å². The number of hydrogen-bond donors (Lipinski definition) is 0. The van der Waals surface area contributed by atoms with Gasteiger partial charge in [-0.1, -0.05) is 263 Å². The van der Waals surface area contributed by atoms with Crippen LogP contribution in [0.15, 0.2) is 97.1 Å². The minimum Gasteiger partial charge on any atom is -0.0579 e. The Balaban J connectivity index is 1.92. The molecule has 0 aliphatic carbocycles. The van der Waals surface area contributed by atoms with Gasteiger partial charge in [0.2, 0.25) is 0 Å². The lowest BCUT2D eigenvalue weighted by atomic mass is 9.71. The zero-order chi connectivity index (χ0) is 51.1. The van der Waals surface area contributed by atoms with Crippen LogP contribution in [-0.4, -0.2) is 0 Å². The summed E-state index contributed by atoms with van der Waals surface area (Å²) >= 11 is 0. The van der Waals surface area contributed by atoms with Crippen molar-refractivity contribution in [2.75, 3.05) is 0 Å². The summed E-state index contributed by atoms with van der Waals surface area (Å²) in [4.78, 5) is 0. The quantitative estimate of drug-likeness (QED) is 0.162. The summed E-state index contributed by atoms with van der Waals surface area (Å²) < 4.78 is 0. The lowest BCUT2D eigenvalue weighted by molar-refractivity contribution is 0.568. The van der Waals surface area contributed by atoms with Gasteiger partial charge in [-0.3, -0.25) is 0 Å². The third kappa shape index (κ3) is 10.9. The Hall–Kier alpha value is -4.68. The van der Waals surface area contributed by atoms with Crippen LogP contribution in [0.2, 0.25) is 0 Å². The first-order valence-electron chi connectivity index (χ1n) is 25.5. The molecule has 6 rings (SSSR count). The van der Waals surface area contributed by atoms with E-state index in [9.17, 15) is 0 Å². The molecule has 0 amide bonds. The number of hydrogen-bond acceptors (Lipinski definition) is 0. The van der Waals surface area contributed by atoms with Gasteiger partial charge in [-0.2, -0.15) is 0 Å². The molecule has 0 atom stereocenters. The molecule has 360 valence electrons. The average molecular weight is 905 g/mol. The van der Waals surface area contributed by atoms with E-state index in [2.05, 4.69) is 275 Å². The Bertz CT molecular complexity index is 2610. The van der Waals surface area contributed by atoms with Crippen LogP contribution in [0.4, 0.5) is 0 Å². The van der Waals surface area contributed by atoms with Crippen LogP contribution in [0.25, 0.3) is 55.6 Å². The molecular formula is C68H88. The van der Waals surface area contributed by atoms with Crippen LogP contribution in [0, 0.1) is 12.1 Å². The maximum absolute atomic E-state index is 3.96. The molecule has 0 bridgehead atoms. The SMILES string of the molecule is CC(C)(C)c1ccc(-c2[c]ccc(-c3cc[c]c(-c4ccc(C(C)(C)C)cc4C(C)(C)C)c3-c3ccc(C(C)(C)C)cc3C(C)(C)C)c2-c2ccc(C(C)(C)C)cc2C(C)(C)C)c(C(C)(C)C)c1. The van der Waals surface area contributed by atoms with Gasteiger partial charge < -0.3 is 0 Å². The van der Waals surface area contributed by atoms with Gasteiger partial charge in [0.15, 0.2) is 0 Å². The van der Waals surface area contributed by atoms with Crippen molar-refractivity contribution in [2.45, 2.75) is 209 Å². The van der Waals surface area contributed by atoms with Gasteiger partial charge in [-0.15, -0.1) is 0 Å². The normalized spacial score (nSPS) is 13.6. The van der Waals surface area contributed by atoms with Gasteiger partial charge in [-0.25, -0.2) is 0 Å². The van der Waals surface area contributed by atoms with E-state index in [0.717, 1.165) is 11.1 Å². The molecule has 0 spiro atoms. The van der Waals surface area contributed by atoms with E-state index in [1.807, 2.05) is 0 Å². The first-order valence-corrected chi connectivity index (χ1v) is 25.5. The molecule has 0 saturated heterocycles. The second kappa shape index (κ2) is 17.6. The lowest BCUT2D eigenvalue weighted by Gasteiger charge is -2.32. The van der Waals surface area contributed by atoms with Crippen LogP contribution in [0.3, 0.4) is 0 Å². The molecule has 0 aromatic heterocycles. The van der Waals surface area contributed by atoms with E-state index in [-0.39, 0.29) is 43.3 Å². The first kappa shape index (κ1) is 52.7. The molecule has 0 nitrogen and oxygen atoms in total. The minimum atomic E-state index is -0.152. The predicted octanol–water partition coefficient (Wildman–Crippen LogP) is 20.0. The molecule has 6 aromatic carbocycles. The maximum atomic E-state index is 3.96. The van der Waals surface area contributed by atoms with E-state index < -0.39 is 0 Å². The summed E-state index contributed by atoms with van der Waals surface area (Å²) in [5.41, 5.74) is 22.4.